The number of para-hydroxylation sites is 1. The van der Waals surface area contributed by atoms with Gasteiger partial charge >= 0.3 is 0 Å². The fourth-order valence-corrected chi connectivity index (χ4v) is 12.4. The average molecular weight is 973 g/mol. The summed E-state index contributed by atoms with van der Waals surface area (Å²) in [5, 5.41) is 9.82. The fraction of sp³-hybridized carbons (Fsp3) is 0. The van der Waals surface area contributed by atoms with Gasteiger partial charge in [0.2, 0.25) is 0 Å². The molecule has 0 aliphatic rings. The molecule has 0 atom stereocenters. The average Bonchev–Trinajstić information content (AvgIpc) is 3.87. The van der Waals surface area contributed by atoms with Crippen LogP contribution in [0, 0.1) is 0 Å². The van der Waals surface area contributed by atoms with Crippen molar-refractivity contribution in [2.75, 3.05) is 9.80 Å². The summed E-state index contributed by atoms with van der Waals surface area (Å²) in [4.78, 5) is 4.87. The van der Waals surface area contributed by atoms with Crippen LogP contribution < -0.4 is 9.80 Å². The highest BCUT2D eigenvalue weighted by Gasteiger charge is 2.22. The van der Waals surface area contributed by atoms with Crippen LogP contribution in [0.5, 0.6) is 0 Å². The van der Waals surface area contributed by atoms with Crippen LogP contribution in [0.1, 0.15) is 0 Å². The van der Waals surface area contributed by atoms with Crippen molar-refractivity contribution in [2.24, 2.45) is 0 Å². The third-order valence-corrected chi connectivity index (χ3v) is 16.0. The zero-order valence-corrected chi connectivity index (χ0v) is 41.8. The minimum Gasteiger partial charge on any atom is -0.310 e. The second kappa shape index (κ2) is 18.8. The lowest BCUT2D eigenvalue weighted by atomic mass is 9.95. The molecule has 14 rings (SSSR count). The predicted octanol–water partition coefficient (Wildman–Crippen LogP) is 21.1. The van der Waals surface area contributed by atoms with Gasteiger partial charge in [-0.2, -0.15) is 0 Å². The van der Waals surface area contributed by atoms with Crippen LogP contribution in [-0.4, -0.2) is 0 Å². The molecule has 3 heteroatoms. The molecule has 1 aromatic heterocycles. The van der Waals surface area contributed by atoms with E-state index < -0.39 is 0 Å². The largest absolute Gasteiger partial charge is 0.310 e. The normalized spacial score (nSPS) is 11.5. The van der Waals surface area contributed by atoms with Crippen LogP contribution in [-0.2, 0) is 0 Å². The summed E-state index contributed by atoms with van der Waals surface area (Å²) in [5.74, 6) is 0. The topological polar surface area (TPSA) is 6.48 Å². The van der Waals surface area contributed by atoms with Crippen LogP contribution in [0.4, 0.5) is 34.1 Å². The van der Waals surface area contributed by atoms with Crippen molar-refractivity contribution in [1.29, 1.82) is 0 Å². The Kier molecular flexibility index (Phi) is 11.1. The molecule has 0 amide bonds. The Hall–Kier alpha value is -9.54. The van der Waals surface area contributed by atoms with Crippen LogP contribution >= 0.6 is 11.3 Å². The fourth-order valence-electron chi connectivity index (χ4n) is 11.2. The Morgan fingerprint density at radius 1 is 0.227 bits per heavy atom. The lowest BCUT2D eigenvalue weighted by molar-refractivity contribution is 1.28. The molecule has 0 aliphatic heterocycles. The standard InChI is InChI=1S/C72H48N2S/c1-2-16-49(17-3-1)52-32-34-53(35-33-52)54-36-40-58(41-37-54)73(60-42-38-50-18-4-6-20-55(50)46-60)69-30-12-10-24-62(69)57-22-14-23-59(48-57)74(61-43-39-51-19-5-7-21-56(51)47-61)70-45-44-64(63-25-8-9-26-65(63)70)67-28-15-29-68-66-27-11-13-31-71(66)75-72(67)68/h1-48H. The number of benzene rings is 13. The van der Waals surface area contributed by atoms with Gasteiger partial charge in [-0.3, -0.25) is 0 Å². The molecule has 0 N–H and O–H groups in total. The van der Waals surface area contributed by atoms with E-state index >= 15 is 0 Å². The summed E-state index contributed by atoms with van der Waals surface area (Å²) in [6.45, 7) is 0. The quantitative estimate of drug-likeness (QED) is 0.135. The van der Waals surface area contributed by atoms with Crippen molar-refractivity contribution in [3.05, 3.63) is 291 Å². The van der Waals surface area contributed by atoms with E-state index in [0.717, 1.165) is 45.3 Å². The van der Waals surface area contributed by atoms with Gasteiger partial charge in [0.05, 0.1) is 11.4 Å². The molecule has 352 valence electrons. The number of hydrogen-bond acceptors (Lipinski definition) is 3. The zero-order chi connectivity index (χ0) is 49.7. The van der Waals surface area contributed by atoms with Gasteiger partial charge in [0.1, 0.15) is 0 Å². The van der Waals surface area contributed by atoms with Gasteiger partial charge in [0.25, 0.3) is 0 Å². The summed E-state index contributed by atoms with van der Waals surface area (Å²) in [7, 11) is 0. The molecule has 0 saturated carbocycles. The summed E-state index contributed by atoms with van der Waals surface area (Å²) in [5.41, 5.74) is 16.1. The first-order valence-corrected chi connectivity index (χ1v) is 26.5. The first kappa shape index (κ1) is 44.2. The molecule has 1 heterocycles. The minimum atomic E-state index is 1.07. The van der Waals surface area contributed by atoms with Crippen molar-refractivity contribution in [2.45, 2.75) is 0 Å². The summed E-state index contributed by atoms with van der Waals surface area (Å²) < 4.78 is 2.63. The second-order valence-corrected chi connectivity index (χ2v) is 20.3. The van der Waals surface area contributed by atoms with E-state index in [1.807, 2.05) is 11.3 Å². The third kappa shape index (κ3) is 8.08. The molecule has 0 saturated heterocycles. The van der Waals surface area contributed by atoms with Gasteiger partial charge in [-0.1, -0.05) is 224 Å². The maximum atomic E-state index is 2.46. The Bertz CT molecular complexity index is 4420. The van der Waals surface area contributed by atoms with Crippen molar-refractivity contribution in [1.82, 2.24) is 0 Å². The van der Waals surface area contributed by atoms with Gasteiger partial charge in [-0.25, -0.2) is 0 Å². The van der Waals surface area contributed by atoms with Crippen LogP contribution in [0.2, 0.25) is 0 Å². The van der Waals surface area contributed by atoms with Gasteiger partial charge in [-0.15, -0.1) is 11.3 Å². The van der Waals surface area contributed by atoms with Gasteiger partial charge in [0, 0.05) is 59.4 Å². The zero-order valence-electron chi connectivity index (χ0n) is 41.0. The Morgan fingerprint density at radius 3 is 1.41 bits per heavy atom. The van der Waals surface area contributed by atoms with Crippen molar-refractivity contribution >= 4 is 98.0 Å². The molecular weight excluding hydrogens is 925 g/mol. The molecule has 0 spiro atoms. The lowest BCUT2D eigenvalue weighted by Gasteiger charge is -2.30. The van der Waals surface area contributed by atoms with Gasteiger partial charge in [-0.05, 0) is 127 Å². The van der Waals surface area contributed by atoms with E-state index in [1.165, 1.54) is 85.9 Å². The summed E-state index contributed by atoms with van der Waals surface area (Å²) in [6, 6.07) is 107. The van der Waals surface area contributed by atoms with E-state index in [2.05, 4.69) is 301 Å². The molecule has 0 fully saturated rings. The van der Waals surface area contributed by atoms with Crippen LogP contribution in [0.3, 0.4) is 0 Å². The Labute approximate surface area is 440 Å². The number of rotatable bonds is 10. The van der Waals surface area contributed by atoms with E-state index in [0.29, 0.717) is 0 Å². The van der Waals surface area contributed by atoms with E-state index in [1.54, 1.807) is 0 Å². The van der Waals surface area contributed by atoms with Crippen molar-refractivity contribution in [3.8, 4) is 44.5 Å². The minimum absolute atomic E-state index is 1.07. The van der Waals surface area contributed by atoms with Crippen LogP contribution in [0.15, 0.2) is 291 Å². The van der Waals surface area contributed by atoms with E-state index in [9.17, 15) is 0 Å². The second-order valence-electron chi connectivity index (χ2n) is 19.2. The van der Waals surface area contributed by atoms with Gasteiger partial charge in [0.15, 0.2) is 0 Å². The number of fused-ring (bicyclic) bond motifs is 6. The maximum Gasteiger partial charge on any atom is 0.0540 e. The van der Waals surface area contributed by atoms with Gasteiger partial charge < -0.3 is 9.80 Å². The first-order chi connectivity index (χ1) is 37.2. The molecule has 0 aliphatic carbocycles. The number of nitrogens with zero attached hydrogens (tertiary/aromatic N) is 2. The highest BCUT2D eigenvalue weighted by atomic mass is 32.1. The van der Waals surface area contributed by atoms with E-state index in [-0.39, 0.29) is 0 Å². The van der Waals surface area contributed by atoms with Crippen LogP contribution in [0.25, 0.3) is 97.0 Å². The number of anilines is 6. The molecule has 13 aromatic carbocycles. The highest BCUT2D eigenvalue weighted by Crippen LogP contribution is 2.48. The molecule has 0 bridgehead atoms. The molecule has 14 aromatic rings. The number of thiophene rings is 1. The maximum absolute atomic E-state index is 2.46. The van der Waals surface area contributed by atoms with Crippen molar-refractivity contribution in [3.63, 3.8) is 0 Å². The highest BCUT2D eigenvalue weighted by molar-refractivity contribution is 7.26. The summed E-state index contributed by atoms with van der Waals surface area (Å²) >= 11 is 1.88. The predicted molar refractivity (Wildman–Crippen MR) is 323 cm³/mol. The monoisotopic (exact) mass is 972 g/mol. The SMILES string of the molecule is c1ccc(-c2ccc(-c3ccc(N(c4ccc5ccccc5c4)c4ccccc4-c4cccc(N(c5ccc6ccccc6c5)c5ccc(-c6cccc7c6sc6ccccc67)c6ccccc56)c4)cc3)cc2)cc1. The molecule has 75 heavy (non-hydrogen) atoms. The smallest absolute Gasteiger partial charge is 0.0540 e. The molecule has 2 nitrogen and oxygen atoms in total. The number of hydrogen-bond donors (Lipinski definition) is 0. The Balaban J connectivity index is 0.906. The van der Waals surface area contributed by atoms with Crippen molar-refractivity contribution < 1.29 is 0 Å². The lowest BCUT2D eigenvalue weighted by Crippen LogP contribution is -2.12. The Morgan fingerprint density at radius 2 is 0.707 bits per heavy atom. The summed E-state index contributed by atoms with van der Waals surface area (Å²) in [6.07, 6.45) is 0. The first-order valence-electron chi connectivity index (χ1n) is 25.6. The molecule has 0 radical (unpaired) electrons. The molecule has 0 unspecified atom stereocenters. The van der Waals surface area contributed by atoms with E-state index in [4.69, 9.17) is 0 Å². The third-order valence-electron chi connectivity index (χ3n) is 14.8. The molecular formula is C72H48N2S.